The Hall–Kier alpha value is -2.76. The highest BCUT2D eigenvalue weighted by Crippen LogP contribution is 2.21. The van der Waals surface area contributed by atoms with Crippen LogP contribution < -0.4 is 5.73 Å². The van der Waals surface area contributed by atoms with E-state index < -0.39 is 5.91 Å². The van der Waals surface area contributed by atoms with E-state index in [2.05, 4.69) is 20.2 Å². The number of primary amides is 1. The smallest absolute Gasteiger partial charge is 0.225 e. The Morgan fingerprint density at radius 2 is 2.11 bits per heavy atom. The molecule has 6 nitrogen and oxygen atoms in total. The van der Waals surface area contributed by atoms with Gasteiger partial charge in [-0.05, 0) is 12.1 Å². The van der Waals surface area contributed by atoms with Gasteiger partial charge in [0.1, 0.15) is 5.69 Å². The van der Waals surface area contributed by atoms with Gasteiger partial charge in [-0.2, -0.15) is 0 Å². The molecular formula is C13H11N5O. The summed E-state index contributed by atoms with van der Waals surface area (Å²) in [6.07, 6.45) is 1.58. The van der Waals surface area contributed by atoms with E-state index in [-0.39, 0.29) is 6.42 Å². The van der Waals surface area contributed by atoms with Crippen LogP contribution in [0.2, 0.25) is 0 Å². The molecular weight excluding hydrogens is 242 g/mol. The van der Waals surface area contributed by atoms with Crippen molar-refractivity contribution in [1.29, 1.82) is 0 Å². The number of carbonyl (C=O) groups is 1. The fourth-order valence-corrected chi connectivity index (χ4v) is 1.87. The summed E-state index contributed by atoms with van der Waals surface area (Å²) >= 11 is 0. The van der Waals surface area contributed by atoms with Crippen LogP contribution in [0.15, 0.2) is 36.5 Å². The first-order valence-corrected chi connectivity index (χ1v) is 5.77. The number of carbonyl (C=O) groups excluding carboxylic acids is 1. The molecule has 2 aromatic heterocycles. The molecule has 0 unspecified atom stereocenters. The minimum absolute atomic E-state index is 0.0000181. The van der Waals surface area contributed by atoms with Gasteiger partial charge in [0, 0.05) is 10.9 Å². The lowest BCUT2D eigenvalue weighted by molar-refractivity contribution is -0.117. The monoisotopic (exact) mass is 253 g/mol. The minimum Gasteiger partial charge on any atom is -0.369 e. The quantitative estimate of drug-likeness (QED) is 0.728. The van der Waals surface area contributed by atoms with Crippen molar-refractivity contribution in [3.63, 3.8) is 0 Å². The maximum Gasteiger partial charge on any atom is 0.225 e. The van der Waals surface area contributed by atoms with E-state index in [4.69, 9.17) is 5.73 Å². The Labute approximate surface area is 108 Å². The normalized spacial score (nSPS) is 10.7. The number of amides is 1. The molecule has 2 heterocycles. The average molecular weight is 253 g/mol. The molecule has 0 bridgehead atoms. The van der Waals surface area contributed by atoms with Gasteiger partial charge in [0.2, 0.25) is 5.91 Å². The van der Waals surface area contributed by atoms with Gasteiger partial charge in [-0.15, -0.1) is 10.2 Å². The summed E-state index contributed by atoms with van der Waals surface area (Å²) in [5, 5.41) is 9.03. The van der Waals surface area contributed by atoms with E-state index in [9.17, 15) is 4.79 Å². The number of fused-ring (bicyclic) bond motifs is 1. The summed E-state index contributed by atoms with van der Waals surface area (Å²) in [5.41, 5.74) is 7.57. The summed E-state index contributed by atoms with van der Waals surface area (Å²) < 4.78 is 0. The second-order valence-corrected chi connectivity index (χ2v) is 4.17. The molecule has 0 saturated carbocycles. The minimum atomic E-state index is -0.472. The van der Waals surface area contributed by atoms with Gasteiger partial charge in [-0.1, -0.05) is 18.2 Å². The molecule has 3 aromatic rings. The molecule has 0 atom stereocenters. The van der Waals surface area contributed by atoms with Crippen molar-refractivity contribution in [3.05, 3.63) is 42.4 Å². The molecule has 0 aliphatic rings. The number of hydrogen-bond donors (Lipinski definition) is 2. The maximum absolute atomic E-state index is 10.7. The molecule has 19 heavy (non-hydrogen) atoms. The van der Waals surface area contributed by atoms with Crippen molar-refractivity contribution < 1.29 is 4.79 Å². The molecule has 0 aliphatic carbocycles. The number of aromatic amines is 1. The summed E-state index contributed by atoms with van der Waals surface area (Å²) in [7, 11) is 0. The molecule has 0 fully saturated rings. The van der Waals surface area contributed by atoms with Crippen LogP contribution in [0.1, 0.15) is 5.82 Å². The van der Waals surface area contributed by atoms with Gasteiger partial charge in [0.15, 0.2) is 5.82 Å². The van der Waals surface area contributed by atoms with Crippen molar-refractivity contribution in [3.8, 4) is 11.4 Å². The Balaban J connectivity index is 1.95. The highest BCUT2D eigenvalue weighted by Gasteiger charge is 2.07. The lowest BCUT2D eigenvalue weighted by Crippen LogP contribution is -2.16. The van der Waals surface area contributed by atoms with E-state index in [1.165, 1.54) is 0 Å². The fourth-order valence-electron chi connectivity index (χ4n) is 1.87. The molecule has 94 valence electrons. The SMILES string of the molecule is NC(=O)Cc1ncc(-c2cc3ccccc3[nH]2)nn1. The Bertz CT molecular complexity index is 699. The topological polar surface area (TPSA) is 97.6 Å². The van der Waals surface area contributed by atoms with Gasteiger partial charge in [0.05, 0.1) is 18.3 Å². The molecule has 0 saturated heterocycles. The third-order valence-electron chi connectivity index (χ3n) is 2.75. The molecule has 1 amide bonds. The summed E-state index contributed by atoms with van der Waals surface area (Å²) in [6.45, 7) is 0. The zero-order chi connectivity index (χ0) is 13.2. The van der Waals surface area contributed by atoms with Crippen molar-refractivity contribution in [1.82, 2.24) is 20.2 Å². The van der Waals surface area contributed by atoms with Gasteiger partial charge >= 0.3 is 0 Å². The van der Waals surface area contributed by atoms with Crippen LogP contribution in [0.3, 0.4) is 0 Å². The Morgan fingerprint density at radius 3 is 2.79 bits per heavy atom. The van der Waals surface area contributed by atoms with Crippen molar-refractivity contribution in [2.75, 3.05) is 0 Å². The van der Waals surface area contributed by atoms with E-state index in [1.54, 1.807) is 6.20 Å². The van der Waals surface area contributed by atoms with Gasteiger partial charge in [0.25, 0.3) is 0 Å². The van der Waals surface area contributed by atoms with Crippen LogP contribution in [0.4, 0.5) is 0 Å². The largest absolute Gasteiger partial charge is 0.369 e. The zero-order valence-corrected chi connectivity index (χ0v) is 10.00. The number of nitrogens with zero attached hydrogens (tertiary/aromatic N) is 3. The van der Waals surface area contributed by atoms with Crippen LogP contribution in [0.25, 0.3) is 22.3 Å². The first-order chi connectivity index (χ1) is 9.22. The average Bonchev–Trinajstić information content (AvgIpc) is 2.82. The highest BCUT2D eigenvalue weighted by molar-refractivity contribution is 5.84. The van der Waals surface area contributed by atoms with Crippen LogP contribution in [-0.2, 0) is 11.2 Å². The van der Waals surface area contributed by atoms with Crippen molar-refractivity contribution in [2.45, 2.75) is 6.42 Å². The maximum atomic E-state index is 10.7. The lowest BCUT2D eigenvalue weighted by atomic mass is 10.2. The Kier molecular flexibility index (Phi) is 2.68. The van der Waals surface area contributed by atoms with Gasteiger partial charge in [-0.25, -0.2) is 4.98 Å². The predicted octanol–water partition coefficient (Wildman–Crippen LogP) is 1.05. The molecule has 0 spiro atoms. The zero-order valence-electron chi connectivity index (χ0n) is 10.00. The van der Waals surface area contributed by atoms with E-state index >= 15 is 0 Å². The molecule has 0 aliphatic heterocycles. The van der Waals surface area contributed by atoms with Crippen LogP contribution in [0.5, 0.6) is 0 Å². The number of rotatable bonds is 3. The molecule has 6 heteroatoms. The van der Waals surface area contributed by atoms with E-state index in [1.807, 2.05) is 30.3 Å². The molecule has 1 aromatic carbocycles. The molecule has 3 N–H and O–H groups in total. The first kappa shape index (κ1) is 11.3. The number of nitrogens with two attached hydrogens (primary N) is 1. The number of hydrogen-bond acceptors (Lipinski definition) is 4. The third kappa shape index (κ3) is 2.28. The Morgan fingerprint density at radius 1 is 1.26 bits per heavy atom. The van der Waals surface area contributed by atoms with Crippen LogP contribution in [0, 0.1) is 0 Å². The van der Waals surface area contributed by atoms with Gasteiger partial charge < -0.3 is 10.7 Å². The standard InChI is InChI=1S/C13H11N5O/c14-12(19)6-13-15-7-11(17-18-13)10-5-8-3-1-2-4-9(8)16-10/h1-5,7,16H,6H2,(H2,14,19). The first-order valence-electron chi connectivity index (χ1n) is 5.77. The second-order valence-electron chi connectivity index (χ2n) is 4.17. The van der Waals surface area contributed by atoms with Gasteiger partial charge in [-0.3, -0.25) is 4.79 Å². The third-order valence-corrected chi connectivity index (χ3v) is 2.75. The van der Waals surface area contributed by atoms with E-state index in [0.717, 1.165) is 16.6 Å². The lowest BCUT2D eigenvalue weighted by Gasteiger charge is -1.97. The molecule has 0 radical (unpaired) electrons. The summed E-state index contributed by atoms with van der Waals surface area (Å²) in [6, 6.07) is 9.91. The summed E-state index contributed by atoms with van der Waals surface area (Å²) in [5.74, 6) is -0.146. The number of H-pyrrole nitrogens is 1. The van der Waals surface area contributed by atoms with E-state index in [0.29, 0.717) is 11.5 Å². The molecule has 3 rings (SSSR count). The van der Waals surface area contributed by atoms with Crippen molar-refractivity contribution in [2.24, 2.45) is 5.73 Å². The summed E-state index contributed by atoms with van der Waals surface area (Å²) in [4.78, 5) is 18.1. The number of aromatic nitrogens is 4. The fraction of sp³-hybridized carbons (Fsp3) is 0.0769. The number of benzene rings is 1. The number of para-hydroxylation sites is 1. The highest BCUT2D eigenvalue weighted by atomic mass is 16.1. The predicted molar refractivity (Wildman–Crippen MR) is 70.0 cm³/mol. The number of nitrogens with one attached hydrogen (secondary N) is 1. The van der Waals surface area contributed by atoms with Crippen LogP contribution in [-0.4, -0.2) is 26.1 Å². The van der Waals surface area contributed by atoms with Crippen molar-refractivity contribution >= 4 is 16.8 Å². The van der Waals surface area contributed by atoms with Crippen LogP contribution >= 0.6 is 0 Å². The second kappa shape index (κ2) is 4.49.